The number of methoxy groups -OCH3 is 1. The van der Waals surface area contributed by atoms with Crippen LogP contribution in [0.1, 0.15) is 24.0 Å². The molecule has 1 unspecified atom stereocenters. The molecule has 0 amide bonds. The Balaban J connectivity index is 1.35. The molecule has 1 fully saturated rings. The summed E-state index contributed by atoms with van der Waals surface area (Å²) in [7, 11) is 1.69. The molecule has 3 aliphatic rings. The molecule has 182 valence electrons. The number of aliphatic imine (C=N–C) groups is 2. The quantitative estimate of drug-likeness (QED) is 0.297. The fourth-order valence-corrected chi connectivity index (χ4v) is 5.23. The number of nitrogens with zero attached hydrogens (tertiary/aromatic N) is 4. The molecule has 36 heavy (non-hydrogen) atoms. The highest BCUT2D eigenvalue weighted by atomic mass is 16.5. The maximum atomic E-state index is 6.98. The van der Waals surface area contributed by atoms with E-state index in [1.165, 1.54) is 5.56 Å². The van der Waals surface area contributed by atoms with E-state index >= 15 is 0 Å². The molecule has 0 spiro atoms. The first-order valence-electron chi connectivity index (χ1n) is 12.4. The SMILES string of the molecule is COCCOC1CC(C2=C3C=NC=C[N+]3(N)C(c3ccc4c(C)cc(-c5ccccc5)nc4c3)=N2)C1. The highest BCUT2D eigenvalue weighted by Gasteiger charge is 2.48. The standard InChI is InChI=1S/C29H30N5O2/c1-19-14-25(20-6-4-3-5-7-20)32-26-17-21(8-9-24(19)26)29-33-28(27-18-31-10-11-34(27,29)30)22-15-23(16-22)36-13-12-35-2/h3-11,14,17-18,22-23H,12-13,15-16,30H2,1-2H3/q+1. The predicted molar refractivity (Wildman–Crippen MR) is 142 cm³/mol. The number of ether oxygens (including phenoxy) is 2. The summed E-state index contributed by atoms with van der Waals surface area (Å²) in [5.41, 5.74) is 7.07. The second kappa shape index (κ2) is 9.19. The molecule has 3 aromatic rings. The fraction of sp³-hybridized carbons (Fsp3) is 0.276. The number of benzene rings is 2. The summed E-state index contributed by atoms with van der Waals surface area (Å²) in [4.78, 5) is 14.5. The van der Waals surface area contributed by atoms with Gasteiger partial charge in [-0.3, -0.25) is 4.99 Å². The largest absolute Gasteiger partial charge is 0.382 e. The number of fused-ring (bicyclic) bond motifs is 2. The van der Waals surface area contributed by atoms with Gasteiger partial charge in [-0.1, -0.05) is 36.4 Å². The predicted octanol–water partition coefficient (Wildman–Crippen LogP) is 4.87. The van der Waals surface area contributed by atoms with Crippen LogP contribution in [0.4, 0.5) is 0 Å². The summed E-state index contributed by atoms with van der Waals surface area (Å²) in [6.45, 7) is 3.35. The number of amidine groups is 1. The number of rotatable bonds is 7. The van der Waals surface area contributed by atoms with Crippen LogP contribution < -0.4 is 5.84 Å². The molecule has 7 nitrogen and oxygen atoms in total. The van der Waals surface area contributed by atoms with Crippen LogP contribution in [0.3, 0.4) is 0 Å². The zero-order chi connectivity index (χ0) is 24.7. The van der Waals surface area contributed by atoms with Crippen LogP contribution in [0.5, 0.6) is 0 Å². The maximum Gasteiger partial charge on any atom is 0.264 e. The zero-order valence-corrected chi connectivity index (χ0v) is 20.6. The van der Waals surface area contributed by atoms with E-state index in [9.17, 15) is 0 Å². The summed E-state index contributed by atoms with van der Waals surface area (Å²) in [6, 6.07) is 18.7. The van der Waals surface area contributed by atoms with Gasteiger partial charge in [0, 0.05) is 24.0 Å². The van der Waals surface area contributed by atoms with Gasteiger partial charge in [-0.05, 0) is 43.5 Å². The van der Waals surface area contributed by atoms with Crippen molar-refractivity contribution in [1.29, 1.82) is 0 Å². The highest BCUT2D eigenvalue weighted by molar-refractivity contribution is 6.03. The van der Waals surface area contributed by atoms with E-state index in [0.29, 0.717) is 19.1 Å². The molecule has 0 bridgehead atoms. The molecule has 1 atom stereocenters. The van der Waals surface area contributed by atoms with Gasteiger partial charge < -0.3 is 9.47 Å². The normalized spacial score (nSPS) is 24.7. The second-order valence-corrected chi connectivity index (χ2v) is 9.64. The monoisotopic (exact) mass is 480 g/mol. The molecule has 6 rings (SSSR count). The zero-order valence-electron chi connectivity index (χ0n) is 20.6. The van der Waals surface area contributed by atoms with Crippen molar-refractivity contribution >= 4 is 23.0 Å². The van der Waals surface area contributed by atoms with Gasteiger partial charge in [0.2, 0.25) is 5.70 Å². The first-order chi connectivity index (χ1) is 17.6. The molecule has 2 N–H and O–H groups in total. The van der Waals surface area contributed by atoms with Crippen molar-refractivity contribution in [2.45, 2.75) is 25.9 Å². The Bertz CT molecular complexity index is 1440. The Hall–Kier alpha value is -3.49. The molecule has 1 aliphatic carbocycles. The van der Waals surface area contributed by atoms with Gasteiger partial charge in [0.15, 0.2) is 0 Å². The smallest absolute Gasteiger partial charge is 0.264 e. The fourth-order valence-electron chi connectivity index (χ4n) is 5.23. The Morgan fingerprint density at radius 2 is 1.86 bits per heavy atom. The number of pyridine rings is 1. The van der Waals surface area contributed by atoms with Crippen LogP contribution in [-0.2, 0) is 9.47 Å². The average Bonchev–Trinajstić information content (AvgIpc) is 3.18. The molecule has 2 aliphatic heterocycles. The van der Waals surface area contributed by atoms with Gasteiger partial charge in [-0.2, -0.15) is 10.8 Å². The number of quaternary nitrogens is 1. The van der Waals surface area contributed by atoms with Crippen molar-refractivity contribution < 1.29 is 14.1 Å². The minimum atomic E-state index is 0.0212. The van der Waals surface area contributed by atoms with Crippen molar-refractivity contribution in [2.75, 3.05) is 20.3 Å². The number of hydrogen-bond acceptors (Lipinski definition) is 6. The summed E-state index contributed by atoms with van der Waals surface area (Å²) in [6.07, 6.45) is 7.58. The second-order valence-electron chi connectivity index (χ2n) is 9.64. The van der Waals surface area contributed by atoms with E-state index in [-0.39, 0.29) is 10.7 Å². The molecule has 2 aromatic carbocycles. The third-order valence-electron chi connectivity index (χ3n) is 7.29. The van der Waals surface area contributed by atoms with E-state index in [1.54, 1.807) is 13.3 Å². The summed E-state index contributed by atoms with van der Waals surface area (Å²) >= 11 is 0. The van der Waals surface area contributed by atoms with E-state index in [4.69, 9.17) is 25.3 Å². The van der Waals surface area contributed by atoms with Gasteiger partial charge in [0.05, 0.1) is 48.5 Å². The molecule has 0 saturated heterocycles. The lowest BCUT2D eigenvalue weighted by molar-refractivity contribution is -0.750. The Morgan fingerprint density at radius 1 is 1.03 bits per heavy atom. The first kappa shape index (κ1) is 22.9. The average molecular weight is 481 g/mol. The van der Waals surface area contributed by atoms with Crippen LogP contribution in [0, 0.1) is 12.8 Å². The Labute approximate surface area is 210 Å². The lowest BCUT2D eigenvalue weighted by Gasteiger charge is -2.35. The molecule has 1 aromatic heterocycles. The minimum absolute atomic E-state index is 0.0212. The molecule has 1 saturated carbocycles. The Kier molecular flexibility index (Phi) is 5.85. The van der Waals surface area contributed by atoms with Gasteiger partial charge in [0.25, 0.3) is 5.84 Å². The van der Waals surface area contributed by atoms with Crippen LogP contribution >= 0.6 is 0 Å². The molecular weight excluding hydrogens is 450 g/mol. The van der Waals surface area contributed by atoms with E-state index in [0.717, 1.165) is 57.8 Å². The summed E-state index contributed by atoms with van der Waals surface area (Å²) in [5, 5.41) is 1.12. The molecule has 0 radical (unpaired) electrons. The molecule has 7 heteroatoms. The van der Waals surface area contributed by atoms with Crippen LogP contribution in [0.25, 0.3) is 22.2 Å². The Morgan fingerprint density at radius 3 is 2.67 bits per heavy atom. The van der Waals surface area contributed by atoms with Gasteiger partial charge in [-0.15, -0.1) is 4.59 Å². The van der Waals surface area contributed by atoms with Gasteiger partial charge in [0.1, 0.15) is 11.9 Å². The minimum Gasteiger partial charge on any atom is -0.382 e. The van der Waals surface area contributed by atoms with Crippen molar-refractivity contribution in [2.24, 2.45) is 21.7 Å². The van der Waals surface area contributed by atoms with Gasteiger partial charge >= 0.3 is 0 Å². The van der Waals surface area contributed by atoms with E-state index in [2.05, 4.69) is 48.3 Å². The number of hydrogen-bond donors (Lipinski definition) is 1. The first-order valence-corrected chi connectivity index (χ1v) is 12.4. The number of aromatic nitrogens is 1. The van der Waals surface area contributed by atoms with Crippen LogP contribution in [-0.4, -0.2) is 48.1 Å². The topological polar surface area (TPSA) is 82.1 Å². The molecule has 3 heterocycles. The lowest BCUT2D eigenvalue weighted by atomic mass is 9.79. The summed E-state index contributed by atoms with van der Waals surface area (Å²) < 4.78 is 11.0. The van der Waals surface area contributed by atoms with Crippen LogP contribution in [0.2, 0.25) is 0 Å². The van der Waals surface area contributed by atoms with Crippen molar-refractivity contribution in [1.82, 2.24) is 4.98 Å². The number of nitrogens with two attached hydrogens (primary N) is 1. The third-order valence-corrected chi connectivity index (χ3v) is 7.29. The van der Waals surface area contributed by atoms with Crippen molar-refractivity contribution in [3.8, 4) is 11.3 Å². The van der Waals surface area contributed by atoms with E-state index < -0.39 is 0 Å². The van der Waals surface area contributed by atoms with Crippen LogP contribution in [0.15, 0.2) is 88.4 Å². The summed E-state index contributed by atoms with van der Waals surface area (Å²) in [5.74, 6) is 8.07. The maximum absolute atomic E-state index is 6.98. The lowest BCUT2D eigenvalue weighted by Crippen LogP contribution is -2.53. The van der Waals surface area contributed by atoms with E-state index in [1.807, 2.05) is 30.6 Å². The highest BCUT2D eigenvalue weighted by Crippen LogP contribution is 2.43. The van der Waals surface area contributed by atoms with Gasteiger partial charge in [-0.25, -0.2) is 4.98 Å². The number of aryl methyl sites for hydroxylation is 1. The third kappa shape index (κ3) is 3.90. The molecular formula is C29H30N5O2+. The van der Waals surface area contributed by atoms with Crippen molar-refractivity contribution in [3.63, 3.8) is 0 Å². The van der Waals surface area contributed by atoms with Crippen molar-refractivity contribution in [3.05, 3.63) is 89.5 Å². The number of allylic oxidation sites excluding steroid dienone is 2.